The lowest BCUT2D eigenvalue weighted by atomic mass is 10.1. The number of hydrogen-bond acceptors (Lipinski definition) is 3. The van der Waals surface area contributed by atoms with Gasteiger partial charge >= 0.3 is 0 Å². The summed E-state index contributed by atoms with van der Waals surface area (Å²) >= 11 is 0. The summed E-state index contributed by atoms with van der Waals surface area (Å²) in [6.45, 7) is 0.673. The summed E-state index contributed by atoms with van der Waals surface area (Å²) < 4.78 is 25.7. The lowest BCUT2D eigenvalue weighted by molar-refractivity contribution is -0.117. The van der Waals surface area contributed by atoms with Crippen molar-refractivity contribution in [1.82, 2.24) is 10.6 Å². The van der Waals surface area contributed by atoms with Crippen LogP contribution >= 0.6 is 0 Å². The Morgan fingerprint density at radius 1 is 1.37 bits per heavy atom. The third-order valence-corrected chi connectivity index (χ3v) is 2.67. The fourth-order valence-electron chi connectivity index (χ4n) is 1.66. The Morgan fingerprint density at radius 3 is 2.84 bits per heavy atom. The highest BCUT2D eigenvalue weighted by Crippen LogP contribution is 2.09. The maximum absolute atomic E-state index is 13.0. The van der Waals surface area contributed by atoms with Gasteiger partial charge in [0.1, 0.15) is 5.82 Å². The molecule has 1 aliphatic rings. The Labute approximate surface area is 109 Å². The van der Waals surface area contributed by atoms with E-state index in [0.29, 0.717) is 23.5 Å². The van der Waals surface area contributed by atoms with Crippen molar-refractivity contribution in [1.29, 1.82) is 0 Å². The van der Waals surface area contributed by atoms with Crippen LogP contribution < -0.4 is 16.4 Å². The van der Waals surface area contributed by atoms with E-state index in [4.69, 9.17) is 5.73 Å². The molecule has 0 radical (unpaired) electrons. The highest BCUT2D eigenvalue weighted by molar-refractivity contribution is 5.96. The van der Waals surface area contributed by atoms with E-state index >= 15 is 0 Å². The molecule has 0 unspecified atom stereocenters. The SMILES string of the molecule is NC1=C(C(=O)NCc2ccc(F)c(F)c2)C=CCN1. The summed E-state index contributed by atoms with van der Waals surface area (Å²) in [5.41, 5.74) is 6.44. The number of nitrogens with two attached hydrogens (primary N) is 1. The summed E-state index contributed by atoms with van der Waals surface area (Å²) in [6.07, 6.45) is 3.38. The van der Waals surface area contributed by atoms with Gasteiger partial charge in [-0.3, -0.25) is 4.79 Å². The molecule has 1 heterocycles. The number of rotatable bonds is 3. The van der Waals surface area contributed by atoms with Crippen LogP contribution in [-0.2, 0) is 11.3 Å². The second-order valence-corrected chi connectivity index (χ2v) is 4.04. The number of benzene rings is 1. The molecule has 0 saturated carbocycles. The van der Waals surface area contributed by atoms with Crippen LogP contribution in [0.5, 0.6) is 0 Å². The molecule has 0 atom stereocenters. The minimum absolute atomic E-state index is 0.0979. The third kappa shape index (κ3) is 3.09. The number of carbonyl (C=O) groups is 1. The molecule has 2 rings (SSSR count). The van der Waals surface area contributed by atoms with E-state index in [1.54, 1.807) is 12.2 Å². The minimum atomic E-state index is -0.940. The van der Waals surface area contributed by atoms with Crippen LogP contribution in [0.15, 0.2) is 41.7 Å². The van der Waals surface area contributed by atoms with Crippen molar-refractivity contribution < 1.29 is 13.6 Å². The predicted molar refractivity (Wildman–Crippen MR) is 66.6 cm³/mol. The topological polar surface area (TPSA) is 67.2 Å². The van der Waals surface area contributed by atoms with Gasteiger partial charge in [0.25, 0.3) is 5.91 Å². The van der Waals surface area contributed by atoms with Crippen molar-refractivity contribution >= 4 is 5.91 Å². The molecule has 0 aromatic heterocycles. The molecule has 19 heavy (non-hydrogen) atoms. The van der Waals surface area contributed by atoms with Crippen LogP contribution in [0.25, 0.3) is 0 Å². The van der Waals surface area contributed by atoms with Crippen molar-refractivity contribution in [2.75, 3.05) is 6.54 Å². The van der Waals surface area contributed by atoms with Gasteiger partial charge in [-0.2, -0.15) is 0 Å². The molecule has 0 aliphatic carbocycles. The molecule has 0 bridgehead atoms. The van der Waals surface area contributed by atoms with E-state index < -0.39 is 11.6 Å². The fourth-order valence-corrected chi connectivity index (χ4v) is 1.66. The van der Waals surface area contributed by atoms with Gasteiger partial charge in [-0.15, -0.1) is 0 Å². The smallest absolute Gasteiger partial charge is 0.255 e. The molecule has 4 nitrogen and oxygen atoms in total. The van der Waals surface area contributed by atoms with Crippen molar-refractivity contribution in [2.24, 2.45) is 5.73 Å². The maximum Gasteiger partial charge on any atom is 0.255 e. The lowest BCUT2D eigenvalue weighted by Gasteiger charge is -2.14. The first-order valence-corrected chi connectivity index (χ1v) is 5.70. The van der Waals surface area contributed by atoms with Gasteiger partial charge in [-0.05, 0) is 23.8 Å². The highest BCUT2D eigenvalue weighted by atomic mass is 19.2. The first-order chi connectivity index (χ1) is 9.08. The van der Waals surface area contributed by atoms with Crippen LogP contribution in [-0.4, -0.2) is 12.5 Å². The molecule has 0 spiro atoms. The number of carbonyl (C=O) groups excluding carboxylic acids is 1. The zero-order valence-electron chi connectivity index (χ0n) is 10.0. The average Bonchev–Trinajstić information content (AvgIpc) is 2.40. The Bertz CT molecular complexity index is 567. The van der Waals surface area contributed by atoms with Gasteiger partial charge in [0.05, 0.1) is 5.57 Å². The number of halogens is 2. The fraction of sp³-hybridized carbons (Fsp3) is 0.154. The van der Waals surface area contributed by atoms with Gasteiger partial charge in [0.15, 0.2) is 11.6 Å². The zero-order chi connectivity index (χ0) is 13.8. The largest absolute Gasteiger partial charge is 0.385 e. The van der Waals surface area contributed by atoms with Crippen molar-refractivity contribution in [3.63, 3.8) is 0 Å². The zero-order valence-corrected chi connectivity index (χ0v) is 10.0. The Balaban J connectivity index is 2.00. The molecule has 0 fully saturated rings. The van der Waals surface area contributed by atoms with Crippen molar-refractivity contribution in [2.45, 2.75) is 6.54 Å². The second kappa shape index (κ2) is 5.51. The summed E-state index contributed by atoms with van der Waals surface area (Å²) in [5, 5.41) is 5.42. The first kappa shape index (κ1) is 13.1. The number of nitrogens with one attached hydrogen (secondary N) is 2. The molecular weight excluding hydrogens is 252 g/mol. The normalized spacial score (nSPS) is 14.2. The Morgan fingerprint density at radius 2 is 2.16 bits per heavy atom. The molecule has 6 heteroatoms. The summed E-state index contributed by atoms with van der Waals surface area (Å²) in [7, 11) is 0. The molecule has 1 aliphatic heterocycles. The van der Waals surface area contributed by atoms with Gasteiger partial charge in [0, 0.05) is 13.1 Å². The van der Waals surface area contributed by atoms with Gasteiger partial charge in [-0.25, -0.2) is 8.78 Å². The molecule has 1 aromatic rings. The van der Waals surface area contributed by atoms with E-state index in [9.17, 15) is 13.6 Å². The predicted octanol–water partition coefficient (Wildman–Crippen LogP) is 0.911. The maximum atomic E-state index is 13.0. The number of dihydropyridines is 1. The number of amides is 1. The molecule has 4 N–H and O–H groups in total. The number of hydrogen-bond donors (Lipinski definition) is 3. The monoisotopic (exact) mass is 265 g/mol. The summed E-state index contributed by atoms with van der Waals surface area (Å²) in [5.74, 6) is -1.93. The van der Waals surface area contributed by atoms with Gasteiger partial charge < -0.3 is 16.4 Å². The van der Waals surface area contributed by atoms with Crippen LogP contribution in [0.3, 0.4) is 0 Å². The molecule has 1 aromatic carbocycles. The third-order valence-electron chi connectivity index (χ3n) is 2.67. The van der Waals surface area contributed by atoms with Gasteiger partial charge in [0.2, 0.25) is 0 Å². The summed E-state index contributed by atoms with van der Waals surface area (Å²) in [4.78, 5) is 11.8. The summed E-state index contributed by atoms with van der Waals surface area (Å²) in [6, 6.07) is 3.47. The van der Waals surface area contributed by atoms with E-state index in [0.717, 1.165) is 12.1 Å². The quantitative estimate of drug-likeness (QED) is 0.761. The average molecular weight is 265 g/mol. The standard InChI is InChI=1S/C13H13F2N3O/c14-10-4-3-8(6-11(10)15)7-18-13(19)9-2-1-5-17-12(9)16/h1-4,6,17H,5,7,16H2,(H,18,19). The van der Waals surface area contributed by atoms with E-state index in [2.05, 4.69) is 10.6 Å². The van der Waals surface area contributed by atoms with Crippen molar-refractivity contribution in [3.8, 4) is 0 Å². The van der Waals surface area contributed by atoms with Crippen LogP contribution in [0.1, 0.15) is 5.56 Å². The Kier molecular flexibility index (Phi) is 3.79. The lowest BCUT2D eigenvalue weighted by Crippen LogP contribution is -2.32. The van der Waals surface area contributed by atoms with Crippen molar-refractivity contribution in [3.05, 3.63) is 58.9 Å². The molecule has 0 saturated heterocycles. The minimum Gasteiger partial charge on any atom is -0.385 e. The van der Waals surface area contributed by atoms with E-state index in [1.807, 2.05) is 0 Å². The molecular formula is C13H13F2N3O. The Hall–Kier alpha value is -2.37. The van der Waals surface area contributed by atoms with Gasteiger partial charge in [-0.1, -0.05) is 12.1 Å². The molecule has 1 amide bonds. The first-order valence-electron chi connectivity index (χ1n) is 5.70. The highest BCUT2D eigenvalue weighted by Gasteiger charge is 2.13. The molecule has 100 valence electrons. The second-order valence-electron chi connectivity index (χ2n) is 4.04. The van der Waals surface area contributed by atoms with Crippen LogP contribution in [0.2, 0.25) is 0 Å². The van der Waals surface area contributed by atoms with E-state index in [-0.39, 0.29) is 12.5 Å². The van der Waals surface area contributed by atoms with Crippen LogP contribution in [0, 0.1) is 11.6 Å². The van der Waals surface area contributed by atoms with Crippen LogP contribution in [0.4, 0.5) is 8.78 Å². The van der Waals surface area contributed by atoms with E-state index in [1.165, 1.54) is 6.07 Å².